The van der Waals surface area contributed by atoms with Crippen molar-refractivity contribution in [1.82, 2.24) is 4.98 Å². The van der Waals surface area contributed by atoms with E-state index in [0.29, 0.717) is 0 Å². The number of nitrogens with zero attached hydrogens (tertiary/aromatic N) is 1. The maximum atomic E-state index is 5.20. The fourth-order valence-corrected chi connectivity index (χ4v) is 13.6. The minimum Gasteiger partial charge on any atom is -0.256 e. The highest BCUT2D eigenvalue weighted by Crippen LogP contribution is 2.59. The van der Waals surface area contributed by atoms with E-state index >= 15 is 0 Å². The van der Waals surface area contributed by atoms with Crippen molar-refractivity contribution in [3.05, 3.63) is 208 Å². The molecule has 0 saturated heterocycles. The molecular formula is C65H51N. The quantitative estimate of drug-likeness (QED) is 0.125. The largest absolute Gasteiger partial charge is 0.256 e. The average molecular weight is 846 g/mol. The summed E-state index contributed by atoms with van der Waals surface area (Å²) in [5.74, 6) is 0. The van der Waals surface area contributed by atoms with E-state index in [2.05, 4.69) is 219 Å². The predicted molar refractivity (Wildman–Crippen MR) is 278 cm³/mol. The van der Waals surface area contributed by atoms with Crippen molar-refractivity contribution in [2.45, 2.75) is 77.0 Å². The summed E-state index contributed by atoms with van der Waals surface area (Å²) in [4.78, 5) is 5.20. The first-order valence-electron chi connectivity index (χ1n) is 23.9. The molecule has 1 nitrogen and oxygen atoms in total. The van der Waals surface area contributed by atoms with Gasteiger partial charge in [-0.1, -0.05) is 171 Å². The Morgan fingerprint density at radius 3 is 1.15 bits per heavy atom. The molecule has 0 radical (unpaired) electrons. The monoisotopic (exact) mass is 845 g/mol. The smallest absolute Gasteiger partial charge is 0.0708 e. The highest BCUT2D eigenvalue weighted by molar-refractivity contribution is 6.27. The van der Waals surface area contributed by atoms with Crippen molar-refractivity contribution in [3.63, 3.8) is 0 Å². The Hall–Kier alpha value is -7.09. The molecule has 4 aliphatic carbocycles. The van der Waals surface area contributed by atoms with Gasteiger partial charge >= 0.3 is 0 Å². The van der Waals surface area contributed by atoms with Crippen molar-refractivity contribution < 1.29 is 0 Å². The Labute approximate surface area is 387 Å². The molecule has 0 unspecified atom stereocenters. The zero-order valence-electron chi connectivity index (χ0n) is 39.0. The van der Waals surface area contributed by atoms with Gasteiger partial charge in [-0.3, -0.25) is 4.98 Å². The van der Waals surface area contributed by atoms with Crippen LogP contribution in [0.4, 0.5) is 0 Å². The lowest BCUT2D eigenvalue weighted by Gasteiger charge is -2.25. The number of para-hydroxylation sites is 1. The van der Waals surface area contributed by atoms with Crippen molar-refractivity contribution >= 4 is 32.4 Å². The zero-order valence-corrected chi connectivity index (χ0v) is 39.0. The zero-order chi connectivity index (χ0) is 44.8. The van der Waals surface area contributed by atoms with Gasteiger partial charge in [0.1, 0.15) is 0 Å². The summed E-state index contributed by atoms with van der Waals surface area (Å²) in [7, 11) is 0. The lowest BCUT2D eigenvalue weighted by molar-refractivity contribution is 0.652. The Bertz CT molecular complexity index is 3870. The van der Waals surface area contributed by atoms with Crippen LogP contribution in [0.25, 0.3) is 99.2 Å². The first-order chi connectivity index (χ1) is 31.8. The molecule has 0 saturated carbocycles. The molecule has 316 valence electrons. The third-order valence-electron chi connectivity index (χ3n) is 17.1. The van der Waals surface area contributed by atoms with Gasteiger partial charge in [0.15, 0.2) is 0 Å². The Morgan fingerprint density at radius 2 is 0.652 bits per heavy atom. The van der Waals surface area contributed by atoms with Crippen LogP contribution in [-0.2, 0) is 21.7 Å². The van der Waals surface area contributed by atoms with Crippen molar-refractivity contribution in [1.29, 1.82) is 0 Å². The first kappa shape index (κ1) is 38.2. The number of hydrogen-bond acceptors (Lipinski definition) is 1. The van der Waals surface area contributed by atoms with Gasteiger partial charge in [0.05, 0.1) is 5.52 Å². The second kappa shape index (κ2) is 12.4. The topological polar surface area (TPSA) is 12.9 Å². The Morgan fingerprint density at radius 1 is 0.288 bits per heavy atom. The van der Waals surface area contributed by atoms with Gasteiger partial charge in [0, 0.05) is 44.0 Å². The summed E-state index contributed by atoms with van der Waals surface area (Å²) >= 11 is 0. The molecule has 0 amide bonds. The van der Waals surface area contributed by atoms with Crippen molar-refractivity contribution in [2.24, 2.45) is 0 Å². The highest BCUT2D eigenvalue weighted by atomic mass is 14.7. The molecule has 1 aromatic heterocycles. The van der Waals surface area contributed by atoms with Crippen LogP contribution in [0.15, 0.2) is 164 Å². The molecule has 0 N–H and O–H groups in total. The SMILES string of the molecule is CC1(C)c2ccccc2-c2cc3c(cc21)-c1ccc(-c2c4ccccc4c(-c4ccc5c(c4)C(C)(C)c4cc6c(cc4-5)C(C)(C)c4ccccc4-6)c4c2cnc2ccccc24)cc1C3(C)C. The second-order valence-electron chi connectivity index (χ2n) is 21.9. The van der Waals surface area contributed by atoms with Crippen LogP contribution in [0.2, 0.25) is 0 Å². The van der Waals surface area contributed by atoms with Crippen molar-refractivity contribution in [3.8, 4) is 66.8 Å². The van der Waals surface area contributed by atoms with Gasteiger partial charge in [0.25, 0.3) is 0 Å². The maximum Gasteiger partial charge on any atom is 0.0708 e. The number of hydrogen-bond donors (Lipinski definition) is 0. The van der Waals surface area contributed by atoms with Gasteiger partial charge in [-0.2, -0.15) is 0 Å². The van der Waals surface area contributed by atoms with E-state index < -0.39 is 0 Å². The third-order valence-corrected chi connectivity index (χ3v) is 17.1. The summed E-state index contributed by atoms with van der Waals surface area (Å²) in [6, 6.07) is 60.7. The maximum absolute atomic E-state index is 5.20. The van der Waals surface area contributed by atoms with E-state index in [-0.39, 0.29) is 21.7 Å². The molecule has 4 aliphatic rings. The Balaban J connectivity index is 0.974. The summed E-state index contributed by atoms with van der Waals surface area (Å²) in [5.41, 5.74) is 27.9. The molecule has 9 aromatic carbocycles. The van der Waals surface area contributed by atoms with E-state index in [4.69, 9.17) is 4.98 Å². The third kappa shape index (κ3) is 4.64. The molecular weight excluding hydrogens is 795 g/mol. The van der Waals surface area contributed by atoms with E-state index in [9.17, 15) is 0 Å². The van der Waals surface area contributed by atoms with E-state index in [1.54, 1.807) is 0 Å². The standard InChI is InChI=1S/C65H51N/c1-62(2)50-22-14-11-17-38(50)45-31-56-47(33-54(45)62)40-27-25-36(29-52(40)64(56,5)6)59-42-19-9-10-20-43(42)60(61-44-21-13-16-24-58(44)66-35-49(59)61)37-26-28-41-48-34-55-46(32-57(48)65(7,8)53(41)30-37)39-18-12-15-23-51(39)63(55,3)4/h9-35H,1-8H3. The molecule has 0 aliphatic heterocycles. The second-order valence-corrected chi connectivity index (χ2v) is 21.9. The number of aromatic nitrogens is 1. The van der Waals surface area contributed by atoms with Gasteiger partial charge in [-0.05, 0) is 165 Å². The number of rotatable bonds is 2. The molecule has 10 aromatic rings. The molecule has 0 fully saturated rings. The molecule has 0 atom stereocenters. The van der Waals surface area contributed by atoms with Crippen LogP contribution in [0, 0.1) is 0 Å². The predicted octanol–water partition coefficient (Wildman–Crippen LogP) is 17.1. The Kier molecular flexibility index (Phi) is 7.19. The fourth-order valence-electron chi connectivity index (χ4n) is 13.6. The van der Waals surface area contributed by atoms with Gasteiger partial charge in [0.2, 0.25) is 0 Å². The summed E-state index contributed by atoms with van der Waals surface area (Å²) < 4.78 is 0. The summed E-state index contributed by atoms with van der Waals surface area (Å²) in [5, 5.41) is 6.16. The molecule has 1 heteroatoms. The fraction of sp³-hybridized carbons (Fsp3) is 0.185. The minimum atomic E-state index is -0.180. The van der Waals surface area contributed by atoms with E-state index in [0.717, 1.165) is 5.52 Å². The van der Waals surface area contributed by atoms with Gasteiger partial charge in [-0.15, -0.1) is 0 Å². The number of pyridine rings is 1. The van der Waals surface area contributed by atoms with Crippen LogP contribution >= 0.6 is 0 Å². The van der Waals surface area contributed by atoms with E-state index in [1.807, 2.05) is 0 Å². The van der Waals surface area contributed by atoms with Gasteiger partial charge < -0.3 is 0 Å². The normalized spacial score (nSPS) is 16.7. The average Bonchev–Trinajstić information content (AvgIpc) is 3.88. The molecule has 1 heterocycles. The lowest BCUT2D eigenvalue weighted by Crippen LogP contribution is -2.17. The number of fused-ring (bicyclic) bond motifs is 16. The first-order valence-corrected chi connectivity index (χ1v) is 23.9. The highest BCUT2D eigenvalue weighted by Gasteiger charge is 2.44. The molecule has 0 bridgehead atoms. The van der Waals surface area contributed by atoms with Crippen LogP contribution in [0.3, 0.4) is 0 Å². The lowest BCUT2D eigenvalue weighted by atomic mass is 9.78. The van der Waals surface area contributed by atoms with Crippen LogP contribution in [0.5, 0.6) is 0 Å². The summed E-state index contributed by atoms with van der Waals surface area (Å²) in [6.45, 7) is 19.3. The van der Waals surface area contributed by atoms with Crippen molar-refractivity contribution in [2.75, 3.05) is 0 Å². The molecule has 0 spiro atoms. The van der Waals surface area contributed by atoms with Gasteiger partial charge in [-0.25, -0.2) is 0 Å². The molecule has 66 heavy (non-hydrogen) atoms. The van der Waals surface area contributed by atoms with Crippen LogP contribution in [-0.4, -0.2) is 4.98 Å². The number of benzene rings is 9. The van der Waals surface area contributed by atoms with E-state index in [1.165, 1.54) is 138 Å². The summed E-state index contributed by atoms with van der Waals surface area (Å²) in [6.07, 6.45) is 2.16. The van der Waals surface area contributed by atoms with Crippen LogP contribution in [0.1, 0.15) is 99.9 Å². The van der Waals surface area contributed by atoms with Crippen LogP contribution < -0.4 is 0 Å². The molecule has 14 rings (SSSR count). The minimum absolute atomic E-state index is 0.0497.